The first-order valence-corrected chi connectivity index (χ1v) is 8.85. The number of hydrogen-bond acceptors (Lipinski definition) is 3. The van der Waals surface area contributed by atoms with Crippen LogP contribution in [0.15, 0.2) is 53.0 Å². The molecule has 0 fully saturated rings. The van der Waals surface area contributed by atoms with Crippen molar-refractivity contribution in [1.82, 2.24) is 0 Å². The number of anilines is 1. The molecule has 0 aliphatic rings. The Morgan fingerprint density at radius 3 is 2.42 bits per heavy atom. The smallest absolute Gasteiger partial charge is 0.313 e. The Labute approximate surface area is 152 Å². The van der Waals surface area contributed by atoms with Crippen LogP contribution in [0, 0.1) is 0 Å². The average molecular weight is 390 g/mol. The minimum absolute atomic E-state index is 0.209. The number of ether oxygens (including phenoxy) is 1. The van der Waals surface area contributed by atoms with E-state index in [9.17, 15) is 4.79 Å². The molecule has 0 heterocycles. The summed E-state index contributed by atoms with van der Waals surface area (Å²) < 4.78 is 6.40. The molecule has 1 atom stereocenters. The van der Waals surface area contributed by atoms with Crippen LogP contribution in [0.3, 0.4) is 0 Å². The summed E-state index contributed by atoms with van der Waals surface area (Å²) >= 11 is 3.58. The number of benzene rings is 2. The second-order valence-electron chi connectivity index (χ2n) is 6.83. The number of hydrogen-bond donors (Lipinski definition) is 1. The van der Waals surface area contributed by atoms with Crippen LogP contribution in [0.1, 0.15) is 44.7 Å². The van der Waals surface area contributed by atoms with Gasteiger partial charge >= 0.3 is 5.97 Å². The molecule has 0 radical (unpaired) electrons. The van der Waals surface area contributed by atoms with Crippen molar-refractivity contribution < 1.29 is 9.53 Å². The van der Waals surface area contributed by atoms with E-state index < -0.39 is 5.60 Å². The van der Waals surface area contributed by atoms with Crippen molar-refractivity contribution in [1.29, 1.82) is 0 Å². The maximum Gasteiger partial charge on any atom is 0.313 e. The number of carbonyl (C=O) groups excluding carboxylic acids is 1. The molecule has 1 unspecified atom stereocenters. The van der Waals surface area contributed by atoms with E-state index in [0.29, 0.717) is 0 Å². The topological polar surface area (TPSA) is 38.3 Å². The van der Waals surface area contributed by atoms with Gasteiger partial charge in [-0.15, -0.1) is 0 Å². The van der Waals surface area contributed by atoms with E-state index >= 15 is 0 Å². The van der Waals surface area contributed by atoms with Crippen molar-refractivity contribution in [2.75, 3.05) is 5.32 Å². The lowest BCUT2D eigenvalue weighted by Gasteiger charge is -2.22. The van der Waals surface area contributed by atoms with Crippen LogP contribution in [0.2, 0.25) is 0 Å². The van der Waals surface area contributed by atoms with Gasteiger partial charge in [-0.25, -0.2) is 0 Å². The molecule has 3 nitrogen and oxygen atoms in total. The lowest BCUT2D eigenvalue weighted by atomic mass is 10.0. The Bertz CT molecular complexity index is 693. The molecule has 0 saturated carbocycles. The Hall–Kier alpha value is -1.81. The molecule has 0 spiro atoms. The molecule has 24 heavy (non-hydrogen) atoms. The summed E-state index contributed by atoms with van der Waals surface area (Å²) in [7, 11) is 0. The first-order chi connectivity index (χ1) is 11.3. The molecule has 0 aliphatic carbocycles. The summed E-state index contributed by atoms with van der Waals surface area (Å²) in [6, 6.07) is 16.2. The van der Waals surface area contributed by atoms with Crippen LogP contribution < -0.4 is 5.32 Å². The molecule has 128 valence electrons. The summed E-state index contributed by atoms with van der Waals surface area (Å²) in [6.45, 7) is 8.26. The molecule has 2 aromatic carbocycles. The second-order valence-corrected chi connectivity index (χ2v) is 7.69. The van der Waals surface area contributed by atoms with Crippen molar-refractivity contribution >= 4 is 27.6 Å². The highest BCUT2D eigenvalue weighted by atomic mass is 79.9. The van der Waals surface area contributed by atoms with Crippen LogP contribution in [-0.4, -0.2) is 11.6 Å². The molecule has 2 aromatic rings. The van der Waals surface area contributed by atoms with Crippen molar-refractivity contribution in [3.8, 4) is 0 Å². The van der Waals surface area contributed by atoms with E-state index in [0.717, 1.165) is 22.3 Å². The summed E-state index contributed by atoms with van der Waals surface area (Å²) in [5.41, 5.74) is 2.68. The average Bonchev–Trinajstić information content (AvgIpc) is 2.52. The van der Waals surface area contributed by atoms with Crippen LogP contribution in [0.5, 0.6) is 0 Å². The summed E-state index contributed by atoms with van der Waals surface area (Å²) in [5, 5.41) is 3.40. The normalized spacial score (nSPS) is 12.5. The van der Waals surface area contributed by atoms with E-state index in [1.54, 1.807) is 0 Å². The highest BCUT2D eigenvalue weighted by Gasteiger charge is 2.23. The molecule has 2 rings (SSSR count). The van der Waals surface area contributed by atoms with Crippen molar-refractivity contribution in [2.45, 2.75) is 45.8 Å². The van der Waals surface area contributed by atoms with E-state index in [2.05, 4.69) is 33.4 Å². The highest BCUT2D eigenvalue weighted by molar-refractivity contribution is 9.10. The zero-order chi connectivity index (χ0) is 17.7. The predicted octanol–water partition coefficient (Wildman–Crippen LogP) is 5.51. The predicted molar refractivity (Wildman–Crippen MR) is 102 cm³/mol. The van der Waals surface area contributed by atoms with E-state index in [-0.39, 0.29) is 11.9 Å². The summed E-state index contributed by atoms with van der Waals surface area (Å²) in [6.07, 6.45) is 0. The van der Waals surface area contributed by atoms with Gasteiger partial charge in [-0.05, 0) is 66.9 Å². The standard InChI is InChI=1S/C20H24BrNO2/c1-14(19(23)24-20(2,3)4)16-10-11-18(17(21)12-16)22-13-15-8-6-5-7-9-15/h5-12,14,22H,13H2,1-4H3. The van der Waals surface area contributed by atoms with E-state index in [4.69, 9.17) is 4.74 Å². The quantitative estimate of drug-likeness (QED) is 0.685. The fraction of sp³-hybridized carbons (Fsp3) is 0.350. The fourth-order valence-electron chi connectivity index (χ4n) is 2.26. The molecular weight excluding hydrogens is 366 g/mol. The van der Waals surface area contributed by atoms with E-state index in [1.807, 2.05) is 64.1 Å². The number of halogens is 1. The third-order valence-electron chi connectivity index (χ3n) is 3.58. The van der Waals surface area contributed by atoms with Crippen molar-refractivity contribution in [3.63, 3.8) is 0 Å². The van der Waals surface area contributed by atoms with Gasteiger partial charge in [0.2, 0.25) is 0 Å². The molecule has 0 aromatic heterocycles. The maximum atomic E-state index is 12.2. The van der Waals surface area contributed by atoms with Gasteiger partial charge in [-0.1, -0.05) is 36.4 Å². The van der Waals surface area contributed by atoms with Crippen molar-refractivity contribution in [2.24, 2.45) is 0 Å². The zero-order valence-corrected chi connectivity index (χ0v) is 16.2. The molecule has 0 saturated heterocycles. The van der Waals surface area contributed by atoms with E-state index in [1.165, 1.54) is 5.56 Å². The largest absolute Gasteiger partial charge is 0.460 e. The number of carbonyl (C=O) groups is 1. The van der Waals surface area contributed by atoms with Gasteiger partial charge in [0.05, 0.1) is 5.92 Å². The van der Waals surface area contributed by atoms with Gasteiger partial charge in [0, 0.05) is 16.7 Å². The Kier molecular flexibility index (Phi) is 6.05. The van der Waals surface area contributed by atoms with Gasteiger partial charge in [-0.2, -0.15) is 0 Å². The molecular formula is C20H24BrNO2. The molecule has 0 aliphatic heterocycles. The molecule has 4 heteroatoms. The summed E-state index contributed by atoms with van der Waals surface area (Å²) in [4.78, 5) is 12.2. The highest BCUT2D eigenvalue weighted by Crippen LogP contribution is 2.29. The first kappa shape index (κ1) is 18.5. The monoisotopic (exact) mass is 389 g/mol. The number of rotatable bonds is 5. The van der Waals surface area contributed by atoms with Gasteiger partial charge in [-0.3, -0.25) is 4.79 Å². The second kappa shape index (κ2) is 7.84. The molecule has 1 N–H and O–H groups in total. The lowest BCUT2D eigenvalue weighted by Crippen LogP contribution is -2.26. The fourth-order valence-corrected chi connectivity index (χ4v) is 2.80. The molecule has 0 amide bonds. The zero-order valence-electron chi connectivity index (χ0n) is 14.6. The third kappa shape index (κ3) is 5.38. The Morgan fingerprint density at radius 2 is 1.83 bits per heavy atom. The minimum Gasteiger partial charge on any atom is -0.460 e. The van der Waals surface area contributed by atoms with Crippen LogP contribution in [0.4, 0.5) is 5.69 Å². The first-order valence-electron chi connectivity index (χ1n) is 8.06. The lowest BCUT2D eigenvalue weighted by molar-refractivity contribution is -0.156. The Morgan fingerprint density at radius 1 is 1.17 bits per heavy atom. The SMILES string of the molecule is CC(C(=O)OC(C)(C)C)c1ccc(NCc2ccccc2)c(Br)c1. The molecule has 0 bridgehead atoms. The Balaban J connectivity index is 2.05. The van der Waals surface area contributed by atoms with Crippen LogP contribution in [0.25, 0.3) is 0 Å². The van der Waals surface area contributed by atoms with Crippen LogP contribution in [-0.2, 0) is 16.1 Å². The number of esters is 1. The van der Waals surface area contributed by atoms with Gasteiger partial charge in [0.25, 0.3) is 0 Å². The van der Waals surface area contributed by atoms with Crippen molar-refractivity contribution in [3.05, 3.63) is 64.1 Å². The maximum absolute atomic E-state index is 12.2. The van der Waals surface area contributed by atoms with Gasteiger partial charge in [0.1, 0.15) is 5.60 Å². The third-order valence-corrected chi connectivity index (χ3v) is 4.24. The van der Waals surface area contributed by atoms with Gasteiger partial charge < -0.3 is 10.1 Å². The number of nitrogens with one attached hydrogen (secondary N) is 1. The summed E-state index contributed by atoms with van der Waals surface area (Å²) in [5.74, 6) is -0.511. The van der Waals surface area contributed by atoms with Gasteiger partial charge in [0.15, 0.2) is 0 Å². The van der Waals surface area contributed by atoms with Crippen LogP contribution >= 0.6 is 15.9 Å². The minimum atomic E-state index is -0.472.